The average Bonchev–Trinajstić information content (AvgIpc) is 2.73. The highest BCUT2D eigenvalue weighted by molar-refractivity contribution is 7.92. The first-order chi connectivity index (χ1) is 15.0. The molecular formula is C21H29N3O6S2. The van der Waals surface area contributed by atoms with Crippen molar-refractivity contribution in [1.29, 1.82) is 0 Å². The van der Waals surface area contributed by atoms with E-state index in [-0.39, 0.29) is 16.6 Å². The number of hydrogen-bond donors (Lipinski definition) is 3. The third-order valence-electron chi connectivity index (χ3n) is 4.50. The van der Waals surface area contributed by atoms with Crippen molar-refractivity contribution in [3.05, 3.63) is 48.5 Å². The van der Waals surface area contributed by atoms with Crippen LogP contribution in [0.1, 0.15) is 27.2 Å². The first-order valence-corrected chi connectivity index (χ1v) is 13.2. The number of anilines is 2. The normalized spacial score (nSPS) is 12.9. The molecule has 0 saturated heterocycles. The highest BCUT2D eigenvalue weighted by Gasteiger charge is 2.28. The van der Waals surface area contributed by atoms with E-state index in [0.29, 0.717) is 23.5 Å². The van der Waals surface area contributed by atoms with Gasteiger partial charge in [0.25, 0.3) is 0 Å². The molecule has 2 rings (SSSR count). The standard InChI is InChI=1S/C21H29N3O6S2/c1-5-14-31(26,27)23-17-8-6-16(7-9-17)22-21(25)20(15(2)3)24-32(28,29)19-12-10-18(30-4)11-13-19/h6-13,15,20,23-24H,5,14H2,1-4H3,(H,22,25)/t20-/m0/s1. The van der Waals surface area contributed by atoms with E-state index in [1.165, 1.54) is 55.6 Å². The number of amides is 1. The number of ether oxygens (including phenoxy) is 1. The van der Waals surface area contributed by atoms with Crippen LogP contribution in [-0.4, -0.2) is 41.6 Å². The molecule has 176 valence electrons. The molecule has 0 unspecified atom stereocenters. The first-order valence-electron chi connectivity index (χ1n) is 10.0. The summed E-state index contributed by atoms with van der Waals surface area (Å²) in [5, 5.41) is 2.67. The number of carbonyl (C=O) groups excluding carboxylic acids is 1. The average molecular weight is 484 g/mol. The predicted octanol–water partition coefficient (Wildman–Crippen LogP) is 2.79. The van der Waals surface area contributed by atoms with Gasteiger partial charge >= 0.3 is 0 Å². The summed E-state index contributed by atoms with van der Waals surface area (Å²) in [5.41, 5.74) is 0.778. The fourth-order valence-corrected chi connectivity index (χ4v) is 5.30. The van der Waals surface area contributed by atoms with E-state index in [2.05, 4.69) is 14.8 Å². The van der Waals surface area contributed by atoms with Crippen LogP contribution in [0, 0.1) is 5.92 Å². The van der Waals surface area contributed by atoms with Crippen molar-refractivity contribution >= 4 is 37.3 Å². The zero-order valence-corrected chi connectivity index (χ0v) is 20.1. The molecule has 2 aromatic rings. The first kappa shape index (κ1) is 25.6. The Morgan fingerprint density at radius 1 is 0.938 bits per heavy atom. The van der Waals surface area contributed by atoms with Gasteiger partial charge in [-0.25, -0.2) is 16.8 Å². The topological polar surface area (TPSA) is 131 Å². The number of carbonyl (C=O) groups is 1. The predicted molar refractivity (Wildman–Crippen MR) is 125 cm³/mol. The largest absolute Gasteiger partial charge is 0.497 e. The summed E-state index contributed by atoms with van der Waals surface area (Å²) in [6.07, 6.45) is 0.493. The molecule has 1 atom stereocenters. The number of sulfonamides is 2. The molecule has 11 heteroatoms. The second-order valence-electron chi connectivity index (χ2n) is 7.51. The minimum Gasteiger partial charge on any atom is -0.497 e. The van der Waals surface area contributed by atoms with Crippen LogP contribution in [0.5, 0.6) is 5.75 Å². The van der Waals surface area contributed by atoms with Crippen molar-refractivity contribution in [3.63, 3.8) is 0 Å². The number of nitrogens with one attached hydrogen (secondary N) is 3. The van der Waals surface area contributed by atoms with Gasteiger partial charge in [0.15, 0.2) is 0 Å². The van der Waals surface area contributed by atoms with Crippen LogP contribution >= 0.6 is 0 Å². The van der Waals surface area contributed by atoms with E-state index in [1.807, 2.05) is 0 Å². The highest BCUT2D eigenvalue weighted by Crippen LogP contribution is 2.19. The highest BCUT2D eigenvalue weighted by atomic mass is 32.2. The van der Waals surface area contributed by atoms with Gasteiger partial charge in [0.05, 0.1) is 17.8 Å². The van der Waals surface area contributed by atoms with E-state index in [0.717, 1.165) is 0 Å². The van der Waals surface area contributed by atoms with Crippen molar-refractivity contribution < 1.29 is 26.4 Å². The molecule has 0 saturated carbocycles. The van der Waals surface area contributed by atoms with Crippen molar-refractivity contribution in [3.8, 4) is 5.75 Å². The minimum atomic E-state index is -3.94. The summed E-state index contributed by atoms with van der Waals surface area (Å²) in [5.74, 6) is -0.335. The van der Waals surface area contributed by atoms with Crippen LogP contribution in [0.15, 0.2) is 53.4 Å². The molecule has 0 spiro atoms. The van der Waals surface area contributed by atoms with Gasteiger partial charge in [0.1, 0.15) is 11.8 Å². The summed E-state index contributed by atoms with van der Waals surface area (Å²) < 4.78 is 59.1. The zero-order chi connectivity index (χ0) is 23.9. The Bertz CT molecular complexity index is 1110. The minimum absolute atomic E-state index is 0.00982. The number of methoxy groups -OCH3 is 1. The van der Waals surface area contributed by atoms with Crippen LogP contribution in [0.25, 0.3) is 0 Å². The fourth-order valence-electron chi connectivity index (χ4n) is 2.82. The van der Waals surface area contributed by atoms with Crippen LogP contribution in [-0.2, 0) is 24.8 Å². The van der Waals surface area contributed by atoms with Crippen molar-refractivity contribution in [2.45, 2.75) is 38.1 Å². The molecular weight excluding hydrogens is 454 g/mol. The maximum Gasteiger partial charge on any atom is 0.242 e. The number of hydrogen-bond acceptors (Lipinski definition) is 6. The van der Waals surface area contributed by atoms with Gasteiger partial charge in [-0.2, -0.15) is 4.72 Å². The van der Waals surface area contributed by atoms with Crippen LogP contribution < -0.4 is 19.5 Å². The molecule has 3 N–H and O–H groups in total. The molecule has 0 heterocycles. The summed E-state index contributed by atoms with van der Waals surface area (Å²) in [6.45, 7) is 5.23. The summed E-state index contributed by atoms with van der Waals surface area (Å²) in [7, 11) is -5.88. The molecule has 0 radical (unpaired) electrons. The second kappa shape index (κ2) is 10.8. The van der Waals surface area contributed by atoms with E-state index < -0.39 is 32.0 Å². The molecule has 0 aromatic heterocycles. The van der Waals surface area contributed by atoms with Crippen LogP contribution in [0.4, 0.5) is 11.4 Å². The lowest BCUT2D eigenvalue weighted by atomic mass is 10.0. The number of rotatable bonds is 11. The zero-order valence-electron chi connectivity index (χ0n) is 18.5. The van der Waals surface area contributed by atoms with Gasteiger partial charge in [-0.1, -0.05) is 20.8 Å². The Labute approximate surface area is 189 Å². The third-order valence-corrected chi connectivity index (χ3v) is 7.45. The third kappa shape index (κ3) is 7.21. The molecule has 9 nitrogen and oxygen atoms in total. The Balaban J connectivity index is 2.11. The lowest BCUT2D eigenvalue weighted by molar-refractivity contribution is -0.118. The fraction of sp³-hybridized carbons (Fsp3) is 0.381. The van der Waals surface area contributed by atoms with Crippen LogP contribution in [0.2, 0.25) is 0 Å². The summed E-state index contributed by atoms with van der Waals surface area (Å²) in [6, 6.07) is 10.9. The molecule has 2 aromatic carbocycles. The van der Waals surface area contributed by atoms with Crippen molar-refractivity contribution in [1.82, 2.24) is 4.72 Å². The maximum absolute atomic E-state index is 12.8. The quantitative estimate of drug-likeness (QED) is 0.450. The maximum atomic E-state index is 12.8. The molecule has 0 aliphatic rings. The van der Waals surface area contributed by atoms with Gasteiger partial charge in [0.2, 0.25) is 26.0 Å². The molecule has 32 heavy (non-hydrogen) atoms. The Morgan fingerprint density at radius 3 is 2.00 bits per heavy atom. The van der Waals surface area contributed by atoms with Gasteiger partial charge in [-0.15, -0.1) is 0 Å². The van der Waals surface area contributed by atoms with E-state index in [9.17, 15) is 21.6 Å². The van der Waals surface area contributed by atoms with Gasteiger partial charge in [-0.05, 0) is 60.9 Å². The molecule has 0 aliphatic heterocycles. The van der Waals surface area contributed by atoms with Crippen molar-refractivity contribution in [2.75, 3.05) is 22.9 Å². The molecule has 0 fully saturated rings. The van der Waals surface area contributed by atoms with E-state index in [1.54, 1.807) is 20.8 Å². The van der Waals surface area contributed by atoms with E-state index in [4.69, 9.17) is 4.74 Å². The Morgan fingerprint density at radius 2 is 1.50 bits per heavy atom. The second-order valence-corrected chi connectivity index (χ2v) is 11.1. The van der Waals surface area contributed by atoms with Gasteiger partial charge in [0, 0.05) is 11.4 Å². The summed E-state index contributed by atoms with van der Waals surface area (Å²) in [4.78, 5) is 12.8. The Hall–Kier alpha value is -2.63. The molecule has 0 bridgehead atoms. The summed E-state index contributed by atoms with van der Waals surface area (Å²) >= 11 is 0. The lowest BCUT2D eigenvalue weighted by Gasteiger charge is -2.22. The monoisotopic (exact) mass is 483 g/mol. The molecule has 1 amide bonds. The van der Waals surface area contributed by atoms with Crippen LogP contribution in [0.3, 0.4) is 0 Å². The van der Waals surface area contributed by atoms with Crippen molar-refractivity contribution in [2.24, 2.45) is 5.92 Å². The Kier molecular flexibility index (Phi) is 8.65. The van der Waals surface area contributed by atoms with Gasteiger partial charge in [-0.3, -0.25) is 9.52 Å². The SMILES string of the molecule is CCCS(=O)(=O)Nc1ccc(NC(=O)[C@@H](NS(=O)(=O)c2ccc(OC)cc2)C(C)C)cc1. The van der Waals surface area contributed by atoms with E-state index >= 15 is 0 Å². The molecule has 0 aliphatic carbocycles. The smallest absolute Gasteiger partial charge is 0.242 e. The lowest BCUT2D eigenvalue weighted by Crippen LogP contribution is -2.47. The van der Waals surface area contributed by atoms with Gasteiger partial charge < -0.3 is 10.1 Å². The number of benzene rings is 2.